The summed E-state index contributed by atoms with van der Waals surface area (Å²) in [6, 6.07) is 13.4. The molecule has 1 fully saturated rings. The van der Waals surface area contributed by atoms with E-state index >= 15 is 0 Å². The Morgan fingerprint density at radius 3 is 2.90 bits per heavy atom. The number of anilines is 1. The minimum atomic E-state index is -3.41. The van der Waals surface area contributed by atoms with Crippen molar-refractivity contribution < 1.29 is 23.3 Å². The number of halogens is 1. The van der Waals surface area contributed by atoms with Gasteiger partial charge in [0.15, 0.2) is 0 Å². The number of rotatable bonds is 5. The number of allylic oxidation sites excluding steroid dienone is 1. The van der Waals surface area contributed by atoms with E-state index in [1.165, 1.54) is 11.1 Å². The molecule has 3 aromatic rings. The number of nitrogens with one attached hydrogen (secondary N) is 1. The van der Waals surface area contributed by atoms with Crippen LogP contribution in [0.25, 0.3) is 0 Å². The fraction of sp³-hybridized carbons (Fsp3) is 0.486. The monoisotopic (exact) mass is 705 g/mol. The molecule has 12 heteroatoms. The number of amides is 2. The maximum Gasteiger partial charge on any atom is 0.286 e. The summed E-state index contributed by atoms with van der Waals surface area (Å²) in [7, 11) is -1.65. The molecule has 5 atom stereocenters. The van der Waals surface area contributed by atoms with Gasteiger partial charge in [0.05, 0.1) is 24.2 Å². The number of methoxy groups -OCH3 is 1. The predicted molar refractivity (Wildman–Crippen MR) is 190 cm³/mol. The van der Waals surface area contributed by atoms with E-state index in [0.717, 1.165) is 55.9 Å². The Morgan fingerprint density at radius 2 is 2.10 bits per heavy atom. The molecule has 2 amide bonds. The fourth-order valence-electron chi connectivity index (χ4n) is 7.99. The van der Waals surface area contributed by atoms with Crippen LogP contribution in [-0.2, 0) is 37.8 Å². The standard InChI is InChI=1S/C37H44ClN5O5S/c1-47-33-8-3-2-4-20-49(46,40-35(44)15-19-43-18-6-17-39-43)41-36(45)27-10-14-34-32(22-27)42(23-28-9-12-30(28)33)24-37(25-48-34)16-5-7-26-21-29(38)11-13-31(26)37/h3,6,8,10-11,13-14,17-18,21-22,28,30,33H,2,4-5,7,9,12,15-16,19-20,23-25H2,1H3,(H,40,41,44,45,46)/b8-3+/t28-,30+,33-,37-,49?/m0/s1. The van der Waals surface area contributed by atoms with Gasteiger partial charge in [-0.15, -0.1) is 4.36 Å². The molecule has 2 aromatic carbocycles. The number of nitrogens with zero attached hydrogens (tertiary/aromatic N) is 4. The Labute approximate surface area is 293 Å². The van der Waals surface area contributed by atoms with Crippen molar-refractivity contribution in [3.8, 4) is 5.75 Å². The molecule has 7 rings (SSSR count). The Morgan fingerprint density at radius 1 is 1.20 bits per heavy atom. The molecule has 0 radical (unpaired) electrons. The lowest BCUT2D eigenvalue weighted by atomic mass is 9.68. The molecule has 1 aromatic heterocycles. The summed E-state index contributed by atoms with van der Waals surface area (Å²) in [5, 5.41) is 4.87. The normalized spacial score (nSPS) is 29.0. The van der Waals surface area contributed by atoms with Gasteiger partial charge in [0, 0.05) is 61.6 Å². The van der Waals surface area contributed by atoms with Gasteiger partial charge >= 0.3 is 0 Å². The van der Waals surface area contributed by atoms with E-state index < -0.39 is 21.7 Å². The van der Waals surface area contributed by atoms with Crippen molar-refractivity contribution in [1.29, 1.82) is 0 Å². The number of hydrogen-bond acceptors (Lipinski definition) is 7. The third-order valence-electron chi connectivity index (χ3n) is 10.7. The highest BCUT2D eigenvalue weighted by Gasteiger charge is 2.44. The van der Waals surface area contributed by atoms with Gasteiger partial charge in [-0.2, -0.15) is 5.10 Å². The zero-order valence-corrected chi connectivity index (χ0v) is 29.5. The Bertz CT molecular complexity index is 1850. The fourth-order valence-corrected chi connectivity index (χ4v) is 9.81. The van der Waals surface area contributed by atoms with Gasteiger partial charge in [0.1, 0.15) is 15.7 Å². The van der Waals surface area contributed by atoms with E-state index in [1.807, 2.05) is 18.2 Å². The number of aryl methyl sites for hydroxylation is 2. The smallest absolute Gasteiger partial charge is 0.286 e. The molecule has 2 bridgehead atoms. The quantitative estimate of drug-likeness (QED) is 0.318. The van der Waals surface area contributed by atoms with E-state index in [2.05, 4.69) is 43.4 Å². The van der Waals surface area contributed by atoms with E-state index in [-0.39, 0.29) is 23.7 Å². The van der Waals surface area contributed by atoms with Crippen LogP contribution in [0.5, 0.6) is 5.75 Å². The van der Waals surface area contributed by atoms with Crippen molar-refractivity contribution in [2.24, 2.45) is 16.2 Å². The first-order chi connectivity index (χ1) is 23.7. The predicted octanol–water partition coefficient (Wildman–Crippen LogP) is 6.13. The molecule has 1 spiro atoms. The largest absolute Gasteiger partial charge is 0.490 e. The van der Waals surface area contributed by atoms with Gasteiger partial charge in [-0.25, -0.2) is 4.21 Å². The van der Waals surface area contributed by atoms with E-state index in [4.69, 9.17) is 21.1 Å². The van der Waals surface area contributed by atoms with E-state index in [1.54, 1.807) is 36.3 Å². The van der Waals surface area contributed by atoms with Crippen LogP contribution in [0.2, 0.25) is 5.02 Å². The Hall–Kier alpha value is -3.67. The van der Waals surface area contributed by atoms with Crippen LogP contribution < -0.4 is 14.4 Å². The first-order valence-corrected chi connectivity index (χ1v) is 19.4. The number of carbonyl (C=O) groups excluding carboxylic acids is 2. The van der Waals surface area contributed by atoms with Gasteiger partial charge in [-0.3, -0.25) is 19.0 Å². The molecule has 10 nitrogen and oxygen atoms in total. The Balaban J connectivity index is 1.25. The molecular weight excluding hydrogens is 662 g/mol. The number of ether oxygens (including phenoxy) is 2. The lowest BCUT2D eigenvalue weighted by molar-refractivity contribution is -0.119. The second kappa shape index (κ2) is 14.3. The molecule has 1 unspecified atom stereocenters. The minimum Gasteiger partial charge on any atom is -0.490 e. The highest BCUT2D eigenvalue weighted by Crippen LogP contribution is 2.47. The maximum absolute atomic E-state index is 14.2. The molecule has 1 saturated carbocycles. The Kier molecular flexibility index (Phi) is 9.86. The van der Waals surface area contributed by atoms with Crippen LogP contribution in [-0.4, -0.2) is 64.5 Å². The third kappa shape index (κ3) is 7.30. The lowest BCUT2D eigenvalue weighted by Crippen LogP contribution is -2.49. The van der Waals surface area contributed by atoms with Crippen LogP contribution in [0.4, 0.5) is 5.69 Å². The topological polar surface area (TPSA) is 115 Å². The number of aromatic nitrogens is 2. The summed E-state index contributed by atoms with van der Waals surface area (Å²) in [6.45, 7) is 2.35. The highest BCUT2D eigenvalue weighted by molar-refractivity contribution is 7.92. The second-order valence-electron chi connectivity index (χ2n) is 13.8. The summed E-state index contributed by atoms with van der Waals surface area (Å²) in [6.07, 6.45) is 13.9. The zero-order chi connectivity index (χ0) is 34.0. The average Bonchev–Trinajstić information content (AvgIpc) is 3.55. The average molecular weight is 706 g/mol. The van der Waals surface area contributed by atoms with Crippen LogP contribution in [0.3, 0.4) is 0 Å². The van der Waals surface area contributed by atoms with Crippen molar-refractivity contribution >= 4 is 39.0 Å². The lowest BCUT2D eigenvalue weighted by Gasteiger charge is -2.46. The maximum atomic E-state index is 14.2. The van der Waals surface area contributed by atoms with Crippen molar-refractivity contribution in [3.63, 3.8) is 0 Å². The zero-order valence-electron chi connectivity index (χ0n) is 27.9. The number of fused-ring (bicyclic) bond motifs is 4. The summed E-state index contributed by atoms with van der Waals surface area (Å²) in [4.78, 5) is 29.2. The highest BCUT2D eigenvalue weighted by atomic mass is 35.5. The van der Waals surface area contributed by atoms with Gasteiger partial charge in [0.25, 0.3) is 5.91 Å². The summed E-state index contributed by atoms with van der Waals surface area (Å²) in [5.41, 5.74) is 3.44. The number of carbonyl (C=O) groups is 2. The molecule has 1 N–H and O–H groups in total. The number of hydrogen-bond donors (Lipinski definition) is 1. The van der Waals surface area contributed by atoms with Crippen molar-refractivity contribution in [2.75, 3.05) is 37.5 Å². The first-order valence-electron chi connectivity index (χ1n) is 17.3. The molecule has 0 saturated heterocycles. The summed E-state index contributed by atoms with van der Waals surface area (Å²) < 4.78 is 35.3. The first kappa shape index (κ1) is 33.8. The van der Waals surface area contributed by atoms with Crippen LogP contribution >= 0.6 is 11.6 Å². The molecule has 3 heterocycles. The molecular formula is C37H44ClN5O5S. The van der Waals surface area contributed by atoms with Gasteiger partial charge in [-0.05, 0) is 104 Å². The van der Waals surface area contributed by atoms with Crippen LogP contribution in [0, 0.1) is 11.8 Å². The van der Waals surface area contributed by atoms with E-state index in [9.17, 15) is 13.8 Å². The molecule has 2 aliphatic heterocycles. The molecule has 49 heavy (non-hydrogen) atoms. The molecule has 4 aliphatic rings. The van der Waals surface area contributed by atoms with Crippen LogP contribution in [0.15, 0.2) is 71.4 Å². The van der Waals surface area contributed by atoms with Crippen molar-refractivity contribution in [2.45, 2.75) is 69.4 Å². The van der Waals surface area contributed by atoms with Gasteiger partial charge in [-0.1, -0.05) is 29.8 Å². The summed E-state index contributed by atoms with van der Waals surface area (Å²) >= 11 is 6.44. The van der Waals surface area contributed by atoms with Crippen LogP contribution in [0.1, 0.15) is 66.4 Å². The third-order valence-corrected chi connectivity index (χ3v) is 12.7. The second-order valence-corrected chi connectivity index (χ2v) is 16.4. The van der Waals surface area contributed by atoms with Crippen molar-refractivity contribution in [1.82, 2.24) is 14.5 Å². The molecule has 260 valence electrons. The van der Waals surface area contributed by atoms with Gasteiger partial charge in [0.2, 0.25) is 5.91 Å². The number of benzene rings is 2. The minimum absolute atomic E-state index is 0.0372. The van der Waals surface area contributed by atoms with Crippen molar-refractivity contribution in [3.05, 3.63) is 88.7 Å². The molecule has 2 aliphatic carbocycles. The SMILES string of the molecule is CO[C@H]1/C=C/CCCS(=O)(NC(=O)CCn2cccn2)=NC(=O)c2ccc3c(c2)N(C[C@@H]2CC[C@H]21)C[C@@]1(CCCc2cc(Cl)ccc21)CO3. The van der Waals surface area contributed by atoms with Gasteiger partial charge < -0.3 is 14.4 Å². The summed E-state index contributed by atoms with van der Waals surface area (Å²) in [5.74, 6) is 0.444. The van der Waals surface area contributed by atoms with E-state index in [0.29, 0.717) is 49.1 Å².